The van der Waals surface area contributed by atoms with Crippen LogP contribution in [-0.2, 0) is 31.5 Å². The van der Waals surface area contributed by atoms with Crippen molar-refractivity contribution in [2.24, 2.45) is 0 Å². The maximum Gasteiger partial charge on any atom is 0.332 e. The predicted molar refractivity (Wildman–Crippen MR) is 139 cm³/mol. The maximum atomic E-state index is 13.7. The van der Waals surface area contributed by atoms with Gasteiger partial charge in [0, 0.05) is 31.3 Å². The number of aromatic nitrogens is 1. The van der Waals surface area contributed by atoms with Crippen LogP contribution in [0, 0.1) is 0 Å². The van der Waals surface area contributed by atoms with Crippen LogP contribution in [0.4, 0.5) is 22.0 Å². The van der Waals surface area contributed by atoms with Gasteiger partial charge in [0.2, 0.25) is 10.0 Å². The van der Waals surface area contributed by atoms with E-state index in [1.54, 1.807) is 37.1 Å². The number of sulfonamides is 1. The molecule has 0 radical (unpaired) electrons. The van der Waals surface area contributed by atoms with Gasteiger partial charge in [-0.15, -0.1) is 0 Å². The molecule has 1 saturated carbocycles. The highest BCUT2D eigenvalue weighted by Gasteiger charge is 2.55. The number of anilines is 3. The van der Waals surface area contributed by atoms with E-state index in [1.807, 2.05) is 18.2 Å². The lowest BCUT2D eigenvalue weighted by Gasteiger charge is -2.28. The fourth-order valence-electron chi connectivity index (χ4n) is 5.65. The van der Waals surface area contributed by atoms with Crippen molar-refractivity contribution < 1.29 is 22.7 Å². The number of amides is 3. The number of rotatable bonds is 6. The number of imide groups is 1. The minimum absolute atomic E-state index is 0.140. The molecule has 1 aromatic carbocycles. The minimum atomic E-state index is -3.49. The summed E-state index contributed by atoms with van der Waals surface area (Å²) in [6, 6.07) is 8.81. The van der Waals surface area contributed by atoms with E-state index in [4.69, 9.17) is 4.74 Å². The molecule has 6 rings (SSSR count). The summed E-state index contributed by atoms with van der Waals surface area (Å²) in [7, 11) is -3.49. The average molecular weight is 526 g/mol. The fourth-order valence-corrected chi connectivity index (χ4v) is 6.64. The van der Waals surface area contributed by atoms with Crippen molar-refractivity contribution in [3.8, 4) is 0 Å². The first-order valence-corrected chi connectivity index (χ1v) is 14.4. The zero-order valence-corrected chi connectivity index (χ0v) is 22.0. The van der Waals surface area contributed by atoms with Gasteiger partial charge in [-0.1, -0.05) is 6.07 Å². The molecule has 196 valence electrons. The number of carbonyl (C=O) groups is 2. The third-order valence-corrected chi connectivity index (χ3v) is 9.18. The zero-order valence-electron chi connectivity index (χ0n) is 21.2. The van der Waals surface area contributed by atoms with Gasteiger partial charge in [0.15, 0.2) is 0 Å². The molecule has 10 nitrogen and oxygen atoms in total. The van der Waals surface area contributed by atoms with Crippen molar-refractivity contribution >= 4 is 39.2 Å². The van der Waals surface area contributed by atoms with Crippen molar-refractivity contribution in [3.05, 3.63) is 47.7 Å². The summed E-state index contributed by atoms with van der Waals surface area (Å²) < 4.78 is 31.9. The summed E-state index contributed by atoms with van der Waals surface area (Å²) >= 11 is 0. The van der Waals surface area contributed by atoms with Crippen LogP contribution >= 0.6 is 0 Å². The molecule has 0 bridgehead atoms. The Kier molecular flexibility index (Phi) is 5.33. The van der Waals surface area contributed by atoms with Gasteiger partial charge in [-0.3, -0.25) is 9.10 Å². The van der Waals surface area contributed by atoms with E-state index in [0.29, 0.717) is 30.3 Å². The van der Waals surface area contributed by atoms with Crippen molar-refractivity contribution in [1.29, 1.82) is 0 Å². The van der Waals surface area contributed by atoms with Gasteiger partial charge in [-0.25, -0.2) is 23.1 Å². The summed E-state index contributed by atoms with van der Waals surface area (Å²) in [5.74, 6) is 0.354. The number of hydrogen-bond donors (Lipinski definition) is 1. The molecule has 3 aliphatic heterocycles. The zero-order chi connectivity index (χ0) is 26.2. The lowest BCUT2D eigenvalue weighted by Crippen LogP contribution is -2.43. The van der Waals surface area contributed by atoms with E-state index in [2.05, 4.69) is 10.3 Å². The smallest absolute Gasteiger partial charge is 0.332 e. The van der Waals surface area contributed by atoms with Crippen molar-refractivity contribution in [3.63, 3.8) is 0 Å². The van der Waals surface area contributed by atoms with E-state index >= 15 is 0 Å². The van der Waals surface area contributed by atoms with Gasteiger partial charge < -0.3 is 15.0 Å². The van der Waals surface area contributed by atoms with Crippen LogP contribution in [0.5, 0.6) is 0 Å². The molecule has 37 heavy (non-hydrogen) atoms. The summed E-state index contributed by atoms with van der Waals surface area (Å²) in [6.07, 6.45) is 5.66. The van der Waals surface area contributed by atoms with E-state index in [0.717, 1.165) is 37.0 Å². The Morgan fingerprint density at radius 2 is 1.95 bits per heavy atom. The molecule has 0 unspecified atom stereocenters. The Bertz CT molecular complexity index is 1400. The van der Waals surface area contributed by atoms with E-state index in [9.17, 15) is 18.0 Å². The second kappa shape index (κ2) is 8.16. The molecule has 1 aromatic heterocycles. The molecule has 2 aromatic rings. The lowest BCUT2D eigenvalue weighted by molar-refractivity contribution is -0.123. The predicted octanol–water partition coefficient (Wildman–Crippen LogP) is 2.84. The van der Waals surface area contributed by atoms with Crippen LogP contribution in [-0.4, -0.2) is 67.8 Å². The van der Waals surface area contributed by atoms with Crippen LogP contribution < -0.4 is 14.5 Å². The van der Waals surface area contributed by atoms with Gasteiger partial charge in [0.25, 0.3) is 5.91 Å². The molecule has 1 atom stereocenters. The number of pyridine rings is 1. The van der Waals surface area contributed by atoms with Crippen LogP contribution in [0.3, 0.4) is 0 Å². The number of ether oxygens (including phenoxy) is 1. The first-order chi connectivity index (χ1) is 17.5. The highest BCUT2D eigenvalue weighted by atomic mass is 32.2. The number of carbonyl (C=O) groups excluding carboxylic acids is 2. The summed E-state index contributed by atoms with van der Waals surface area (Å²) in [6.45, 7) is 5.46. The minimum Gasteiger partial charge on any atom is -0.379 e. The molecule has 4 aliphatic rings. The third-order valence-electron chi connectivity index (χ3n) is 8.05. The molecule has 3 fully saturated rings. The molecular weight excluding hydrogens is 494 g/mol. The molecule has 2 saturated heterocycles. The quantitative estimate of drug-likeness (QED) is 0.577. The topological polar surface area (TPSA) is 112 Å². The Balaban J connectivity index is 1.29. The van der Waals surface area contributed by atoms with Crippen molar-refractivity contribution in [2.45, 2.75) is 56.7 Å². The highest BCUT2D eigenvalue weighted by Crippen LogP contribution is 2.57. The molecule has 3 amide bonds. The number of nitrogens with zero attached hydrogens (tertiary/aromatic N) is 4. The normalized spacial score (nSPS) is 23.8. The van der Waals surface area contributed by atoms with Crippen molar-refractivity contribution in [2.75, 3.05) is 40.5 Å². The third kappa shape index (κ3) is 3.95. The monoisotopic (exact) mass is 525 g/mol. The summed E-state index contributed by atoms with van der Waals surface area (Å²) in [5, 5.41) is 3.36. The fraction of sp³-hybridized carbons (Fsp3) is 0.500. The second-order valence-electron chi connectivity index (χ2n) is 11.1. The number of hydrogen-bond acceptors (Lipinski definition) is 7. The van der Waals surface area contributed by atoms with E-state index < -0.39 is 21.6 Å². The van der Waals surface area contributed by atoms with Gasteiger partial charge in [-0.05, 0) is 68.5 Å². The number of fused-ring (bicyclic) bond motifs is 2. The van der Waals surface area contributed by atoms with Crippen LogP contribution in [0.25, 0.3) is 0 Å². The Morgan fingerprint density at radius 3 is 2.62 bits per heavy atom. The van der Waals surface area contributed by atoms with Gasteiger partial charge >= 0.3 is 6.03 Å². The van der Waals surface area contributed by atoms with E-state index in [-0.39, 0.29) is 23.9 Å². The van der Waals surface area contributed by atoms with Crippen LogP contribution in [0.15, 0.2) is 36.5 Å². The number of benzene rings is 1. The SMILES string of the molecule is CC1(C)C(=O)N(c2ccc3c(c2)N(S(C)(=O)=O)CC32CC2)C(=O)N1Cc1ccnc(N[C@H]2CCOC2)c1. The number of nitrogens with one attached hydrogen (secondary N) is 1. The summed E-state index contributed by atoms with van der Waals surface area (Å²) in [5.41, 5.74) is 1.55. The number of urea groups is 1. The van der Waals surface area contributed by atoms with Crippen LogP contribution in [0.2, 0.25) is 0 Å². The molecule has 1 N–H and O–H groups in total. The van der Waals surface area contributed by atoms with Gasteiger partial charge in [0.1, 0.15) is 11.4 Å². The Labute approximate surface area is 216 Å². The Hall–Kier alpha value is -3.18. The molecule has 1 spiro atoms. The standard InChI is InChI=1S/C26H31N5O5S/c1-25(2)23(32)31(19-4-5-20-21(13-19)30(37(3,34)35)16-26(20)8-9-26)24(33)29(25)14-17-6-10-27-22(12-17)28-18-7-11-36-15-18/h4-6,10,12-13,18H,7-9,11,14-16H2,1-3H3,(H,27,28)/t18-/m0/s1. The maximum absolute atomic E-state index is 13.7. The van der Waals surface area contributed by atoms with Crippen molar-refractivity contribution in [1.82, 2.24) is 9.88 Å². The molecule has 11 heteroatoms. The van der Waals surface area contributed by atoms with Gasteiger partial charge in [-0.2, -0.15) is 0 Å². The van der Waals surface area contributed by atoms with E-state index in [1.165, 1.54) is 15.5 Å². The van der Waals surface area contributed by atoms with Gasteiger partial charge in [0.05, 0.1) is 30.3 Å². The highest BCUT2D eigenvalue weighted by molar-refractivity contribution is 7.92. The van der Waals surface area contributed by atoms with Crippen LogP contribution in [0.1, 0.15) is 44.2 Å². The Morgan fingerprint density at radius 1 is 1.16 bits per heavy atom. The largest absolute Gasteiger partial charge is 0.379 e. The summed E-state index contributed by atoms with van der Waals surface area (Å²) in [4.78, 5) is 34.3. The molecular formula is C26H31N5O5S. The second-order valence-corrected chi connectivity index (χ2v) is 13.0. The first kappa shape index (κ1) is 24.2. The molecule has 1 aliphatic carbocycles. The lowest BCUT2D eigenvalue weighted by atomic mass is 9.98. The first-order valence-electron chi connectivity index (χ1n) is 12.6. The average Bonchev–Trinajstić information content (AvgIpc) is 3.22. The molecule has 4 heterocycles.